The fourth-order valence-electron chi connectivity index (χ4n) is 2.91. The quantitative estimate of drug-likeness (QED) is 0.783. The highest BCUT2D eigenvalue weighted by Crippen LogP contribution is 2.22. The molecule has 0 aromatic rings. The zero-order valence-corrected chi connectivity index (χ0v) is 15.4. The molecule has 1 aliphatic carbocycles. The molecule has 0 aromatic carbocycles. The van der Waals surface area contributed by atoms with Crippen LogP contribution in [0.5, 0.6) is 0 Å². The highest BCUT2D eigenvalue weighted by molar-refractivity contribution is 5.85. The van der Waals surface area contributed by atoms with Crippen LogP contribution >= 0.6 is 0 Å². The normalized spacial score (nSPS) is 17.7. The summed E-state index contributed by atoms with van der Waals surface area (Å²) in [6, 6.07) is -0.534. The molecular weight excluding hydrogens is 292 g/mol. The molecular formula is C18H34N2O3. The fraction of sp³-hybridized carbons (Fsp3) is 0.889. The summed E-state index contributed by atoms with van der Waals surface area (Å²) in [4.78, 5) is 24.4. The molecule has 0 bridgehead atoms. The molecule has 1 saturated carbocycles. The predicted molar refractivity (Wildman–Crippen MR) is 92.2 cm³/mol. The maximum atomic E-state index is 12.4. The van der Waals surface area contributed by atoms with E-state index >= 15 is 0 Å². The number of rotatable bonds is 6. The van der Waals surface area contributed by atoms with E-state index in [2.05, 4.69) is 10.6 Å². The minimum Gasteiger partial charge on any atom is -0.444 e. The average molecular weight is 326 g/mol. The molecule has 5 heteroatoms. The molecule has 0 aromatic heterocycles. The van der Waals surface area contributed by atoms with Crippen molar-refractivity contribution in [3.8, 4) is 0 Å². The molecule has 0 unspecified atom stereocenters. The molecule has 5 nitrogen and oxygen atoms in total. The summed E-state index contributed by atoms with van der Waals surface area (Å²) < 4.78 is 5.26. The number of hydrogen-bond acceptors (Lipinski definition) is 3. The second-order valence-corrected chi connectivity index (χ2v) is 8.08. The van der Waals surface area contributed by atoms with Crippen LogP contribution in [-0.4, -0.2) is 30.2 Å². The summed E-state index contributed by atoms with van der Waals surface area (Å²) in [6.07, 6.45) is 6.27. The molecule has 23 heavy (non-hydrogen) atoms. The Hall–Kier alpha value is -1.26. The third-order valence-electron chi connectivity index (χ3n) is 4.00. The maximum absolute atomic E-state index is 12.4. The fourth-order valence-corrected chi connectivity index (χ4v) is 2.91. The van der Waals surface area contributed by atoms with Crippen molar-refractivity contribution in [3.05, 3.63) is 0 Å². The van der Waals surface area contributed by atoms with Crippen molar-refractivity contribution < 1.29 is 14.3 Å². The van der Waals surface area contributed by atoms with Crippen molar-refractivity contribution in [1.29, 1.82) is 0 Å². The van der Waals surface area contributed by atoms with Gasteiger partial charge in [0.1, 0.15) is 11.6 Å². The molecule has 0 spiro atoms. The van der Waals surface area contributed by atoms with E-state index in [9.17, 15) is 9.59 Å². The lowest BCUT2D eigenvalue weighted by Gasteiger charge is -2.26. The Morgan fingerprint density at radius 1 is 1.13 bits per heavy atom. The summed E-state index contributed by atoms with van der Waals surface area (Å²) in [7, 11) is 0. The van der Waals surface area contributed by atoms with E-state index in [1.165, 1.54) is 32.1 Å². The molecule has 0 heterocycles. The second-order valence-electron chi connectivity index (χ2n) is 8.08. The van der Waals surface area contributed by atoms with Crippen molar-refractivity contribution in [2.45, 2.75) is 84.8 Å². The molecule has 1 aliphatic rings. The van der Waals surface area contributed by atoms with Gasteiger partial charge in [-0.05, 0) is 51.9 Å². The van der Waals surface area contributed by atoms with Gasteiger partial charge in [-0.2, -0.15) is 0 Å². The standard InChI is InChI=1S/C18H34N2O3/c1-13(2)11-15(20-17(22)23-18(3,4)5)16(21)19-12-14-9-7-6-8-10-14/h13-15H,6-12H2,1-5H3,(H,19,21)(H,20,22)/t15-/m0/s1. The Balaban J connectivity index is 2.50. The number of carbonyl (C=O) groups excluding carboxylic acids is 2. The van der Waals surface area contributed by atoms with Crippen LogP contribution < -0.4 is 10.6 Å². The van der Waals surface area contributed by atoms with Gasteiger partial charge >= 0.3 is 6.09 Å². The van der Waals surface area contributed by atoms with Crippen LogP contribution in [0.25, 0.3) is 0 Å². The van der Waals surface area contributed by atoms with Gasteiger partial charge in [-0.1, -0.05) is 33.1 Å². The van der Waals surface area contributed by atoms with Crippen LogP contribution in [0.3, 0.4) is 0 Å². The van der Waals surface area contributed by atoms with Crippen molar-refractivity contribution in [2.24, 2.45) is 11.8 Å². The van der Waals surface area contributed by atoms with Crippen LogP contribution in [0.2, 0.25) is 0 Å². The third-order valence-corrected chi connectivity index (χ3v) is 4.00. The van der Waals surface area contributed by atoms with E-state index in [1.54, 1.807) is 0 Å². The Kier molecular flexibility index (Phi) is 7.86. The molecule has 0 saturated heterocycles. The van der Waals surface area contributed by atoms with E-state index in [0.717, 1.165) is 0 Å². The number of carbonyl (C=O) groups is 2. The molecule has 0 radical (unpaired) electrons. The van der Waals surface area contributed by atoms with Gasteiger partial charge in [0.25, 0.3) is 0 Å². The average Bonchev–Trinajstić information content (AvgIpc) is 2.42. The highest BCUT2D eigenvalue weighted by Gasteiger charge is 2.25. The summed E-state index contributed by atoms with van der Waals surface area (Å²) in [5, 5.41) is 5.74. The molecule has 2 N–H and O–H groups in total. The van der Waals surface area contributed by atoms with E-state index in [4.69, 9.17) is 4.74 Å². The lowest BCUT2D eigenvalue weighted by Crippen LogP contribution is -2.49. The topological polar surface area (TPSA) is 67.4 Å². The lowest BCUT2D eigenvalue weighted by molar-refractivity contribution is -0.123. The van der Waals surface area contributed by atoms with Gasteiger partial charge in [0.2, 0.25) is 5.91 Å². The summed E-state index contributed by atoms with van der Waals surface area (Å²) in [5.41, 5.74) is -0.564. The van der Waals surface area contributed by atoms with Crippen molar-refractivity contribution in [1.82, 2.24) is 10.6 Å². The Morgan fingerprint density at radius 2 is 1.74 bits per heavy atom. The number of hydrogen-bond donors (Lipinski definition) is 2. The van der Waals surface area contributed by atoms with Gasteiger partial charge in [-0.25, -0.2) is 4.79 Å². The summed E-state index contributed by atoms with van der Waals surface area (Å²) in [6.45, 7) is 10.2. The molecule has 1 rings (SSSR count). The Labute approximate surface area is 140 Å². The predicted octanol–water partition coefficient (Wildman–Crippen LogP) is 3.62. The van der Waals surface area contributed by atoms with E-state index in [0.29, 0.717) is 24.8 Å². The summed E-state index contributed by atoms with van der Waals surface area (Å²) >= 11 is 0. The Morgan fingerprint density at radius 3 is 2.26 bits per heavy atom. The first-order valence-corrected chi connectivity index (χ1v) is 8.94. The zero-order chi connectivity index (χ0) is 17.5. The SMILES string of the molecule is CC(C)C[C@H](NC(=O)OC(C)(C)C)C(=O)NCC1CCCCC1. The van der Waals surface area contributed by atoms with Gasteiger partial charge < -0.3 is 15.4 Å². The first kappa shape index (κ1) is 19.8. The summed E-state index contributed by atoms with van der Waals surface area (Å²) in [5.74, 6) is 0.791. The van der Waals surface area contributed by atoms with Crippen LogP contribution in [-0.2, 0) is 9.53 Å². The number of alkyl carbamates (subject to hydrolysis) is 1. The minimum absolute atomic E-state index is 0.102. The Bertz CT molecular complexity index is 382. The first-order chi connectivity index (χ1) is 10.7. The van der Waals surface area contributed by atoms with Gasteiger partial charge in [0.05, 0.1) is 0 Å². The van der Waals surface area contributed by atoms with E-state index < -0.39 is 17.7 Å². The number of nitrogens with one attached hydrogen (secondary N) is 2. The second kappa shape index (κ2) is 9.14. The monoisotopic (exact) mass is 326 g/mol. The highest BCUT2D eigenvalue weighted by atomic mass is 16.6. The maximum Gasteiger partial charge on any atom is 0.408 e. The van der Waals surface area contributed by atoms with Crippen LogP contribution in [0.15, 0.2) is 0 Å². The zero-order valence-electron chi connectivity index (χ0n) is 15.4. The van der Waals surface area contributed by atoms with Crippen LogP contribution in [0, 0.1) is 11.8 Å². The van der Waals surface area contributed by atoms with Gasteiger partial charge in [0, 0.05) is 6.54 Å². The van der Waals surface area contributed by atoms with Crippen molar-refractivity contribution in [2.75, 3.05) is 6.54 Å². The van der Waals surface area contributed by atoms with Crippen molar-refractivity contribution >= 4 is 12.0 Å². The molecule has 134 valence electrons. The van der Waals surface area contributed by atoms with Crippen LogP contribution in [0.1, 0.15) is 73.1 Å². The smallest absolute Gasteiger partial charge is 0.408 e. The lowest BCUT2D eigenvalue weighted by atomic mass is 9.89. The third kappa shape index (κ3) is 8.82. The van der Waals surface area contributed by atoms with Crippen LogP contribution in [0.4, 0.5) is 4.79 Å². The van der Waals surface area contributed by atoms with Gasteiger partial charge in [-0.3, -0.25) is 4.79 Å². The number of amides is 2. The van der Waals surface area contributed by atoms with E-state index in [1.807, 2.05) is 34.6 Å². The molecule has 1 fully saturated rings. The van der Waals surface area contributed by atoms with E-state index in [-0.39, 0.29) is 5.91 Å². The molecule has 1 atom stereocenters. The van der Waals surface area contributed by atoms with Gasteiger partial charge in [-0.15, -0.1) is 0 Å². The van der Waals surface area contributed by atoms with Crippen molar-refractivity contribution in [3.63, 3.8) is 0 Å². The largest absolute Gasteiger partial charge is 0.444 e. The minimum atomic E-state index is -0.564. The first-order valence-electron chi connectivity index (χ1n) is 8.94. The number of ether oxygens (including phenoxy) is 1. The van der Waals surface area contributed by atoms with Gasteiger partial charge in [0.15, 0.2) is 0 Å². The molecule has 0 aliphatic heterocycles. The molecule has 2 amide bonds.